The van der Waals surface area contributed by atoms with Crippen LogP contribution >= 0.6 is 0 Å². The third-order valence-electron chi connectivity index (χ3n) is 3.10. The molecular weight excluding hydrogens is 425 g/mol. The summed E-state index contributed by atoms with van der Waals surface area (Å²) in [7, 11) is -3.64. The van der Waals surface area contributed by atoms with Crippen molar-refractivity contribution in [2.75, 3.05) is 0 Å². The monoisotopic (exact) mass is 437 g/mol. The number of alkyl halides is 13. The number of hydrogen-bond acceptors (Lipinski definition) is 3. The van der Waals surface area contributed by atoms with Gasteiger partial charge in [-0.3, -0.25) is 0 Å². The van der Waals surface area contributed by atoms with Crippen LogP contribution in [0.1, 0.15) is 12.8 Å². The largest absolute Gasteiger partial charge is 0.460 e. The predicted molar refractivity (Wildman–Crippen MR) is 63.1 cm³/mol. The molecule has 0 radical (unpaired) electrons. The molecule has 158 valence electrons. The maximum atomic E-state index is 13.3. The molecule has 0 aromatic heterocycles. The lowest BCUT2D eigenvalue weighted by atomic mass is 9.92. The van der Waals surface area contributed by atoms with Crippen molar-refractivity contribution in [2.45, 2.75) is 54.7 Å². The fourth-order valence-corrected chi connectivity index (χ4v) is 2.36. The first-order valence-electron chi connectivity index (χ1n) is 6.28. The van der Waals surface area contributed by atoms with Crippen molar-refractivity contribution in [3.05, 3.63) is 0 Å². The Morgan fingerprint density at radius 3 is 1.19 bits per heavy atom. The molecule has 0 heterocycles. The second-order valence-electron chi connectivity index (χ2n) is 5.47. The lowest BCUT2D eigenvalue weighted by molar-refractivity contribution is -0.440. The van der Waals surface area contributed by atoms with Gasteiger partial charge >= 0.3 is 35.8 Å². The third kappa shape index (κ3) is 4.19. The van der Waals surface area contributed by atoms with Crippen molar-refractivity contribution in [1.29, 1.82) is 0 Å². The molecule has 0 aromatic rings. The van der Waals surface area contributed by atoms with Crippen molar-refractivity contribution in [3.63, 3.8) is 0 Å². The van der Waals surface area contributed by atoms with Crippen LogP contribution in [0.25, 0.3) is 0 Å². The Morgan fingerprint density at radius 2 is 0.885 bits per heavy atom. The number of hydrogen-bond donors (Lipinski definition) is 3. The van der Waals surface area contributed by atoms with Crippen molar-refractivity contribution in [1.82, 2.24) is 0 Å². The Balaban J connectivity index is 5.85. The number of halogens is 13. The molecule has 17 heteroatoms. The van der Waals surface area contributed by atoms with Gasteiger partial charge in [-0.25, -0.2) is 0 Å². The Morgan fingerprint density at radius 1 is 0.538 bits per heavy atom. The summed E-state index contributed by atoms with van der Waals surface area (Å²) in [6.07, 6.45) is -11.0. The van der Waals surface area contributed by atoms with E-state index in [9.17, 15) is 57.1 Å². The van der Waals surface area contributed by atoms with Gasteiger partial charge in [0.05, 0.1) is 0 Å². The highest BCUT2D eigenvalue weighted by Gasteiger charge is 2.90. The minimum atomic E-state index is -7.89. The van der Waals surface area contributed by atoms with E-state index in [1.165, 1.54) is 0 Å². The molecule has 0 fully saturated rings. The van der Waals surface area contributed by atoms with Gasteiger partial charge in [0, 0.05) is 6.42 Å². The van der Waals surface area contributed by atoms with Gasteiger partial charge in [-0.1, -0.05) is 0 Å². The maximum absolute atomic E-state index is 13.3. The summed E-state index contributed by atoms with van der Waals surface area (Å²) in [5, 5.41) is 15.0. The molecule has 0 unspecified atom stereocenters. The fourth-order valence-electron chi connectivity index (χ4n) is 1.58. The summed E-state index contributed by atoms with van der Waals surface area (Å²) in [6, 6.07) is -0.792. The van der Waals surface area contributed by atoms with E-state index in [2.05, 4.69) is 0 Å². The number of rotatable bonds is 8. The minimum Gasteiger partial charge on any atom is -0.327 e. The minimum absolute atomic E-state index is 0.792. The first-order chi connectivity index (χ1) is 11.0. The highest BCUT2D eigenvalue weighted by atomic mass is 28.4. The van der Waals surface area contributed by atoms with Crippen LogP contribution in [0.2, 0.25) is 6.04 Å². The van der Waals surface area contributed by atoms with Gasteiger partial charge in [0.25, 0.3) is 8.56 Å². The van der Waals surface area contributed by atoms with Crippen LogP contribution in [0.5, 0.6) is 0 Å². The van der Waals surface area contributed by atoms with E-state index in [1.54, 1.807) is 0 Å². The molecular formula is C9H12F13N3Si. The summed E-state index contributed by atoms with van der Waals surface area (Å²) in [5.74, 6) is -36.8. The first kappa shape index (κ1) is 25.2. The molecule has 3 nitrogen and oxygen atoms in total. The highest BCUT2D eigenvalue weighted by Crippen LogP contribution is 2.60. The number of nitrogens with two attached hydrogens (primary N) is 3. The van der Waals surface area contributed by atoms with Crippen molar-refractivity contribution >= 4 is 8.56 Å². The highest BCUT2D eigenvalue weighted by molar-refractivity contribution is 6.70. The van der Waals surface area contributed by atoms with Crippen LogP contribution in [0.15, 0.2) is 0 Å². The van der Waals surface area contributed by atoms with E-state index in [0.29, 0.717) is 0 Å². The van der Waals surface area contributed by atoms with Gasteiger partial charge in [-0.05, 0) is 12.5 Å². The SMILES string of the molecule is N[Si](N)(N)CCCC(F)(F)C(F)(F)C(F)(F)C(F)(F)C(F)(F)C(F)(F)F. The molecule has 0 rings (SSSR count). The fraction of sp³-hybridized carbons (Fsp3) is 1.00. The maximum Gasteiger partial charge on any atom is 0.460 e. The molecule has 6 N–H and O–H groups in total. The van der Waals surface area contributed by atoms with Crippen molar-refractivity contribution in [3.8, 4) is 0 Å². The van der Waals surface area contributed by atoms with Gasteiger partial charge in [0.1, 0.15) is 0 Å². The molecule has 0 bridgehead atoms. The van der Waals surface area contributed by atoms with Crippen molar-refractivity contribution < 1.29 is 57.1 Å². The van der Waals surface area contributed by atoms with Gasteiger partial charge < -0.3 is 16.2 Å². The zero-order valence-corrected chi connectivity index (χ0v) is 13.3. The molecule has 0 saturated heterocycles. The van der Waals surface area contributed by atoms with Gasteiger partial charge in [-0.15, -0.1) is 0 Å². The van der Waals surface area contributed by atoms with Crippen LogP contribution in [0.3, 0.4) is 0 Å². The molecule has 0 aliphatic rings. The topological polar surface area (TPSA) is 78.1 Å². The second-order valence-corrected chi connectivity index (χ2v) is 8.19. The van der Waals surface area contributed by atoms with Crippen LogP contribution in [-0.4, -0.2) is 44.3 Å². The molecule has 0 saturated carbocycles. The molecule has 0 aliphatic carbocycles. The van der Waals surface area contributed by atoms with E-state index in [4.69, 9.17) is 16.2 Å². The molecule has 0 aromatic carbocycles. The lowest BCUT2D eigenvalue weighted by Gasteiger charge is -2.39. The van der Waals surface area contributed by atoms with Crippen molar-refractivity contribution in [2.24, 2.45) is 16.2 Å². The molecule has 0 amide bonds. The molecule has 0 atom stereocenters. The quantitative estimate of drug-likeness (QED) is 0.403. The summed E-state index contributed by atoms with van der Waals surface area (Å²) in [6.45, 7) is 0. The Labute approximate surface area is 137 Å². The summed E-state index contributed by atoms with van der Waals surface area (Å²) in [4.78, 5) is 0. The zero-order valence-electron chi connectivity index (χ0n) is 12.3. The standard InChI is InChI=1S/C9H12F13N3Si/c10-4(11,2-1-3-26(23,24)25)5(12,13)6(14,15)7(16,17)8(18,19)9(20,21)22/h1-3,23-25H2. The predicted octanol–water partition coefficient (Wildman–Crippen LogP) is 3.32. The summed E-state index contributed by atoms with van der Waals surface area (Å²) < 4.78 is 166. The third-order valence-corrected chi connectivity index (χ3v) is 4.32. The summed E-state index contributed by atoms with van der Waals surface area (Å²) in [5.41, 5.74) is 0. The molecule has 0 spiro atoms. The van der Waals surface area contributed by atoms with E-state index in [1.807, 2.05) is 0 Å². The van der Waals surface area contributed by atoms with Gasteiger partial charge in [-0.2, -0.15) is 57.1 Å². The lowest BCUT2D eigenvalue weighted by Crippen LogP contribution is -2.70. The van der Waals surface area contributed by atoms with Crippen LogP contribution in [-0.2, 0) is 0 Å². The smallest absolute Gasteiger partial charge is 0.327 e. The van der Waals surface area contributed by atoms with Crippen LogP contribution in [0.4, 0.5) is 57.1 Å². The van der Waals surface area contributed by atoms with E-state index in [-0.39, 0.29) is 0 Å². The van der Waals surface area contributed by atoms with Gasteiger partial charge in [0.2, 0.25) is 0 Å². The van der Waals surface area contributed by atoms with Crippen LogP contribution < -0.4 is 16.2 Å². The van der Waals surface area contributed by atoms with E-state index >= 15 is 0 Å². The molecule has 0 aliphatic heterocycles. The van der Waals surface area contributed by atoms with Crippen LogP contribution in [0, 0.1) is 0 Å². The van der Waals surface area contributed by atoms with E-state index in [0.717, 1.165) is 0 Å². The Hall–Kier alpha value is -0.813. The first-order valence-corrected chi connectivity index (χ1v) is 8.72. The Bertz CT molecular complexity index is 496. The Kier molecular flexibility index (Phi) is 6.45. The average Bonchev–Trinajstić information content (AvgIpc) is 2.34. The zero-order chi connectivity index (χ0) is 21.6. The summed E-state index contributed by atoms with van der Waals surface area (Å²) >= 11 is 0. The second kappa shape index (κ2) is 6.66. The normalized spacial score (nSPS) is 16.2. The average molecular weight is 437 g/mol. The van der Waals surface area contributed by atoms with E-state index < -0.39 is 63.2 Å². The molecule has 26 heavy (non-hydrogen) atoms. The van der Waals surface area contributed by atoms with Gasteiger partial charge in [0.15, 0.2) is 0 Å².